The summed E-state index contributed by atoms with van der Waals surface area (Å²) in [5, 5.41) is 5.72. The molecular formula is C12H16BrN3O2S. The number of nitrogens with zero attached hydrogens (tertiary/aromatic N) is 2. The van der Waals surface area contributed by atoms with Crippen LogP contribution < -0.4 is 5.32 Å². The molecule has 0 aromatic carbocycles. The number of hydrogen-bond acceptors (Lipinski definition) is 4. The Hall–Kier alpha value is -0.920. The maximum Gasteiger partial charge on any atom is 0.317 e. The van der Waals surface area contributed by atoms with Gasteiger partial charge in [0, 0.05) is 22.1 Å². The van der Waals surface area contributed by atoms with E-state index in [0.29, 0.717) is 26.2 Å². The van der Waals surface area contributed by atoms with Gasteiger partial charge in [0.2, 0.25) is 0 Å². The van der Waals surface area contributed by atoms with Gasteiger partial charge in [-0.15, -0.1) is 11.3 Å². The van der Waals surface area contributed by atoms with Gasteiger partial charge in [-0.2, -0.15) is 0 Å². The van der Waals surface area contributed by atoms with E-state index >= 15 is 0 Å². The lowest BCUT2D eigenvalue weighted by molar-refractivity contribution is -0.0154. The summed E-state index contributed by atoms with van der Waals surface area (Å²) in [6, 6.07) is -0.0952. The molecule has 0 unspecified atom stereocenters. The Labute approximate surface area is 124 Å². The smallest absolute Gasteiger partial charge is 0.317 e. The Morgan fingerprint density at radius 1 is 1.79 bits per heavy atom. The second-order valence-electron chi connectivity index (χ2n) is 4.31. The molecule has 7 heteroatoms. The average Bonchev–Trinajstić information content (AvgIpc) is 2.83. The van der Waals surface area contributed by atoms with Gasteiger partial charge in [-0.3, -0.25) is 0 Å². The van der Waals surface area contributed by atoms with Crippen molar-refractivity contribution in [1.82, 2.24) is 15.2 Å². The summed E-state index contributed by atoms with van der Waals surface area (Å²) < 4.78 is 6.43. The maximum atomic E-state index is 12.0. The second-order valence-corrected chi connectivity index (χ2v) is 6.32. The predicted molar refractivity (Wildman–Crippen MR) is 78.6 cm³/mol. The van der Waals surface area contributed by atoms with E-state index in [2.05, 4.69) is 32.8 Å². The standard InChI is InChI=1S/C12H16BrN3O2S/c1-8(13)5-14-12(17)16-3-4-18-10(6-16)11-15-9(2)7-19-11/h7,10H,1,3-6H2,2H3,(H,14,17)/t10-/m0/s1. The van der Waals surface area contributed by atoms with Crippen molar-refractivity contribution < 1.29 is 9.53 Å². The number of ether oxygens (including phenoxy) is 1. The summed E-state index contributed by atoms with van der Waals surface area (Å²) in [5.41, 5.74) is 0.987. The van der Waals surface area contributed by atoms with Crippen molar-refractivity contribution in [3.63, 3.8) is 0 Å². The summed E-state index contributed by atoms with van der Waals surface area (Å²) >= 11 is 4.79. The van der Waals surface area contributed by atoms with Gasteiger partial charge in [-0.1, -0.05) is 22.5 Å². The van der Waals surface area contributed by atoms with Gasteiger partial charge in [0.25, 0.3) is 0 Å². The lowest BCUT2D eigenvalue weighted by atomic mass is 10.3. The molecule has 104 valence electrons. The molecule has 1 N–H and O–H groups in total. The number of aromatic nitrogens is 1. The highest BCUT2D eigenvalue weighted by molar-refractivity contribution is 9.11. The summed E-state index contributed by atoms with van der Waals surface area (Å²) in [6.07, 6.45) is -0.120. The predicted octanol–water partition coefficient (Wildman–Crippen LogP) is 2.44. The van der Waals surface area contributed by atoms with Gasteiger partial charge in [0.05, 0.1) is 19.7 Å². The Morgan fingerprint density at radius 2 is 2.58 bits per heavy atom. The largest absolute Gasteiger partial charge is 0.367 e. The van der Waals surface area contributed by atoms with Crippen LogP contribution in [0.4, 0.5) is 4.79 Å². The molecule has 0 aliphatic carbocycles. The van der Waals surface area contributed by atoms with Crippen LogP contribution in [0.1, 0.15) is 16.8 Å². The molecule has 1 saturated heterocycles. The average molecular weight is 346 g/mol. The van der Waals surface area contributed by atoms with Gasteiger partial charge < -0.3 is 15.0 Å². The number of morpholine rings is 1. The zero-order valence-electron chi connectivity index (χ0n) is 10.7. The van der Waals surface area contributed by atoms with Crippen LogP contribution in [-0.2, 0) is 4.74 Å². The van der Waals surface area contributed by atoms with Gasteiger partial charge >= 0.3 is 6.03 Å². The second kappa shape index (κ2) is 6.49. The number of carbonyl (C=O) groups excluding carboxylic acids is 1. The first-order valence-electron chi connectivity index (χ1n) is 5.96. The van der Waals surface area contributed by atoms with Crippen molar-refractivity contribution in [2.24, 2.45) is 0 Å². The van der Waals surface area contributed by atoms with Crippen LogP contribution in [0.3, 0.4) is 0 Å². The minimum atomic E-state index is -0.120. The lowest BCUT2D eigenvalue weighted by Gasteiger charge is -2.32. The third-order valence-corrected chi connectivity index (χ3v) is 4.03. The molecule has 0 radical (unpaired) electrons. The van der Waals surface area contributed by atoms with Crippen LogP contribution >= 0.6 is 27.3 Å². The molecule has 1 aliphatic rings. The molecule has 0 spiro atoms. The minimum absolute atomic E-state index is 0.0952. The summed E-state index contributed by atoms with van der Waals surface area (Å²) in [4.78, 5) is 18.1. The third kappa shape index (κ3) is 4.02. The number of amides is 2. The van der Waals surface area contributed by atoms with E-state index in [-0.39, 0.29) is 12.1 Å². The molecule has 1 aromatic heterocycles. The number of halogens is 1. The van der Waals surface area contributed by atoms with E-state index in [1.54, 1.807) is 16.2 Å². The Morgan fingerprint density at radius 3 is 3.21 bits per heavy atom. The van der Waals surface area contributed by atoms with Gasteiger partial charge in [-0.25, -0.2) is 9.78 Å². The molecule has 1 aliphatic heterocycles. The van der Waals surface area contributed by atoms with Crippen LogP contribution in [0.25, 0.3) is 0 Å². The Balaban J connectivity index is 1.93. The first-order chi connectivity index (χ1) is 9.06. The third-order valence-electron chi connectivity index (χ3n) is 2.70. The van der Waals surface area contributed by atoms with Gasteiger partial charge in [-0.05, 0) is 6.92 Å². The van der Waals surface area contributed by atoms with Crippen LogP contribution in [0.5, 0.6) is 0 Å². The van der Waals surface area contributed by atoms with Crippen LogP contribution in [-0.4, -0.2) is 42.2 Å². The molecule has 2 heterocycles. The first kappa shape index (κ1) is 14.5. The van der Waals surface area contributed by atoms with E-state index in [4.69, 9.17) is 4.74 Å². The van der Waals surface area contributed by atoms with Crippen LogP contribution in [0.15, 0.2) is 16.4 Å². The first-order valence-corrected chi connectivity index (χ1v) is 7.63. The van der Waals surface area contributed by atoms with E-state index in [1.807, 2.05) is 12.3 Å². The SMILES string of the molecule is C=C(Br)CNC(=O)N1CCO[C@H](c2nc(C)cs2)C1. The van der Waals surface area contributed by atoms with Crippen molar-refractivity contribution in [1.29, 1.82) is 0 Å². The Bertz CT molecular complexity index is 477. The molecular weight excluding hydrogens is 330 g/mol. The van der Waals surface area contributed by atoms with Crippen molar-refractivity contribution in [2.75, 3.05) is 26.2 Å². The number of carbonyl (C=O) groups is 1. The summed E-state index contributed by atoms with van der Waals surface area (Å²) in [6.45, 7) is 7.74. The van der Waals surface area contributed by atoms with E-state index in [1.165, 1.54) is 0 Å². The monoisotopic (exact) mass is 345 g/mol. The fourth-order valence-electron chi connectivity index (χ4n) is 1.79. The molecule has 2 rings (SSSR count). The number of nitrogens with one attached hydrogen (secondary N) is 1. The Kier molecular flexibility index (Phi) is 4.95. The zero-order valence-corrected chi connectivity index (χ0v) is 13.1. The number of urea groups is 1. The highest BCUT2D eigenvalue weighted by Crippen LogP contribution is 2.25. The molecule has 2 amide bonds. The van der Waals surface area contributed by atoms with E-state index < -0.39 is 0 Å². The van der Waals surface area contributed by atoms with Crippen LogP contribution in [0, 0.1) is 6.92 Å². The molecule has 5 nitrogen and oxygen atoms in total. The highest BCUT2D eigenvalue weighted by atomic mass is 79.9. The number of aryl methyl sites for hydroxylation is 1. The van der Waals surface area contributed by atoms with Crippen molar-refractivity contribution in [2.45, 2.75) is 13.0 Å². The normalized spacial score (nSPS) is 19.3. The fourth-order valence-corrected chi connectivity index (χ4v) is 2.76. The topological polar surface area (TPSA) is 54.5 Å². The van der Waals surface area contributed by atoms with Crippen molar-refractivity contribution in [3.8, 4) is 0 Å². The zero-order chi connectivity index (χ0) is 13.8. The summed E-state index contributed by atoms with van der Waals surface area (Å²) in [7, 11) is 0. The number of thiazole rings is 1. The van der Waals surface area contributed by atoms with Crippen molar-refractivity contribution >= 4 is 33.3 Å². The molecule has 0 saturated carbocycles. The maximum absolute atomic E-state index is 12.0. The van der Waals surface area contributed by atoms with Crippen molar-refractivity contribution in [3.05, 3.63) is 27.1 Å². The fraction of sp³-hybridized carbons (Fsp3) is 0.500. The quantitative estimate of drug-likeness (QED) is 0.915. The van der Waals surface area contributed by atoms with E-state index in [9.17, 15) is 4.79 Å². The lowest BCUT2D eigenvalue weighted by Crippen LogP contribution is -2.47. The minimum Gasteiger partial charge on any atom is -0.367 e. The molecule has 19 heavy (non-hydrogen) atoms. The van der Waals surface area contributed by atoms with E-state index in [0.717, 1.165) is 15.2 Å². The molecule has 0 bridgehead atoms. The summed E-state index contributed by atoms with van der Waals surface area (Å²) in [5.74, 6) is 0. The highest BCUT2D eigenvalue weighted by Gasteiger charge is 2.27. The van der Waals surface area contributed by atoms with Crippen LogP contribution in [0.2, 0.25) is 0 Å². The molecule has 1 atom stereocenters. The van der Waals surface area contributed by atoms with Gasteiger partial charge in [0.1, 0.15) is 11.1 Å². The molecule has 1 fully saturated rings. The van der Waals surface area contributed by atoms with Gasteiger partial charge in [0.15, 0.2) is 0 Å². The number of hydrogen-bond donors (Lipinski definition) is 1. The number of rotatable bonds is 3. The molecule has 1 aromatic rings.